The fourth-order valence-electron chi connectivity index (χ4n) is 2.44. The highest BCUT2D eigenvalue weighted by Crippen LogP contribution is 2.38. The smallest absolute Gasteiger partial charge is 0.277 e. The van der Waals surface area contributed by atoms with Crippen LogP contribution in [-0.4, -0.2) is 18.9 Å². The van der Waals surface area contributed by atoms with Gasteiger partial charge in [-0.1, -0.05) is 41.9 Å². The first-order chi connectivity index (χ1) is 11.1. The van der Waals surface area contributed by atoms with Crippen molar-refractivity contribution in [3.8, 4) is 5.75 Å². The van der Waals surface area contributed by atoms with Gasteiger partial charge < -0.3 is 4.74 Å². The summed E-state index contributed by atoms with van der Waals surface area (Å²) in [5.41, 5.74) is 0.250. The predicted octanol–water partition coefficient (Wildman–Crippen LogP) is 3.36. The summed E-state index contributed by atoms with van der Waals surface area (Å²) in [4.78, 5) is 25.8. The van der Waals surface area contributed by atoms with Crippen LogP contribution in [0.15, 0.2) is 53.6 Å². The van der Waals surface area contributed by atoms with Crippen molar-refractivity contribution in [2.45, 2.75) is 0 Å². The van der Waals surface area contributed by atoms with Crippen LogP contribution in [0.25, 0.3) is 5.57 Å². The van der Waals surface area contributed by atoms with Gasteiger partial charge in [0.25, 0.3) is 11.8 Å². The molecule has 116 valence electrons. The Balaban J connectivity index is 2.12. The van der Waals surface area contributed by atoms with Gasteiger partial charge in [0.2, 0.25) is 0 Å². The third kappa shape index (κ3) is 2.39. The molecule has 0 atom stereocenters. The van der Waals surface area contributed by atoms with Crippen LogP contribution in [0, 0.1) is 5.82 Å². The number of hydrogen-bond donors (Lipinski definition) is 0. The van der Waals surface area contributed by atoms with Gasteiger partial charge >= 0.3 is 0 Å². The fraction of sp³-hybridized carbons (Fsp3) is 0.0588. The quantitative estimate of drug-likeness (QED) is 0.810. The van der Waals surface area contributed by atoms with Crippen molar-refractivity contribution < 1.29 is 18.7 Å². The maximum absolute atomic E-state index is 14.0. The Hall–Kier alpha value is -2.66. The van der Waals surface area contributed by atoms with Gasteiger partial charge in [0.1, 0.15) is 16.6 Å². The largest absolute Gasteiger partial charge is 0.496 e. The molecule has 0 aliphatic carbocycles. The molecule has 1 heterocycles. The molecule has 23 heavy (non-hydrogen) atoms. The average molecular weight is 332 g/mol. The van der Waals surface area contributed by atoms with Gasteiger partial charge in [-0.15, -0.1) is 0 Å². The SMILES string of the molecule is COc1ccccc1C1=C(Cl)C(=O)N(c2ccccc2F)C1=O. The van der Waals surface area contributed by atoms with Gasteiger partial charge in [-0.05, 0) is 18.2 Å². The van der Waals surface area contributed by atoms with E-state index < -0.39 is 17.6 Å². The van der Waals surface area contributed by atoms with Crippen molar-refractivity contribution in [2.75, 3.05) is 12.0 Å². The number of ether oxygens (including phenoxy) is 1. The van der Waals surface area contributed by atoms with Gasteiger partial charge in [0, 0.05) is 5.56 Å². The minimum atomic E-state index is -0.761. The van der Waals surface area contributed by atoms with Crippen LogP contribution >= 0.6 is 11.6 Å². The summed E-state index contributed by atoms with van der Waals surface area (Å²) in [7, 11) is 1.45. The number of imide groups is 1. The summed E-state index contributed by atoms with van der Waals surface area (Å²) in [5.74, 6) is -1.73. The highest BCUT2D eigenvalue weighted by atomic mass is 35.5. The number of rotatable bonds is 3. The second-order valence-corrected chi connectivity index (χ2v) is 5.16. The normalized spacial score (nSPS) is 14.7. The summed E-state index contributed by atoms with van der Waals surface area (Å²) in [5, 5.41) is -0.261. The zero-order valence-corrected chi connectivity index (χ0v) is 12.8. The molecule has 6 heteroatoms. The van der Waals surface area contributed by atoms with E-state index in [0.29, 0.717) is 11.3 Å². The summed E-state index contributed by atoms with van der Waals surface area (Å²) < 4.78 is 19.2. The number of methoxy groups -OCH3 is 1. The molecule has 0 radical (unpaired) electrons. The van der Waals surface area contributed by atoms with Crippen LogP contribution in [0.2, 0.25) is 0 Å². The number of anilines is 1. The molecular weight excluding hydrogens is 321 g/mol. The third-order valence-corrected chi connectivity index (χ3v) is 3.85. The monoisotopic (exact) mass is 331 g/mol. The maximum Gasteiger partial charge on any atom is 0.277 e. The Morgan fingerprint density at radius 3 is 2.35 bits per heavy atom. The molecule has 0 N–H and O–H groups in total. The fourth-order valence-corrected chi connectivity index (χ4v) is 2.71. The Labute approximate surface area is 136 Å². The minimum absolute atomic E-state index is 0.00244. The van der Waals surface area contributed by atoms with E-state index in [1.807, 2.05) is 0 Å². The summed E-state index contributed by atoms with van der Waals surface area (Å²) >= 11 is 6.07. The van der Waals surface area contributed by atoms with E-state index in [-0.39, 0.29) is 16.3 Å². The molecule has 2 aromatic carbocycles. The summed E-state index contributed by atoms with van der Waals surface area (Å²) in [6.45, 7) is 0. The number of amides is 2. The van der Waals surface area contributed by atoms with Gasteiger partial charge in [0.05, 0.1) is 18.4 Å². The molecule has 0 unspecified atom stereocenters. The topological polar surface area (TPSA) is 46.6 Å². The van der Waals surface area contributed by atoms with Crippen molar-refractivity contribution in [1.29, 1.82) is 0 Å². The maximum atomic E-state index is 14.0. The van der Waals surface area contributed by atoms with Crippen LogP contribution in [0.1, 0.15) is 5.56 Å². The molecule has 0 spiro atoms. The first-order valence-corrected chi connectivity index (χ1v) is 7.10. The average Bonchev–Trinajstić information content (AvgIpc) is 2.78. The van der Waals surface area contributed by atoms with Crippen molar-refractivity contribution in [1.82, 2.24) is 0 Å². The number of hydrogen-bond acceptors (Lipinski definition) is 3. The molecule has 3 rings (SSSR count). The molecule has 4 nitrogen and oxygen atoms in total. The van der Waals surface area contributed by atoms with Crippen molar-refractivity contribution in [3.05, 3.63) is 64.9 Å². The molecular formula is C17H11ClFNO3. The van der Waals surface area contributed by atoms with Gasteiger partial charge in [0.15, 0.2) is 0 Å². The van der Waals surface area contributed by atoms with Gasteiger partial charge in [-0.2, -0.15) is 0 Å². The number of benzene rings is 2. The molecule has 2 amide bonds. The van der Waals surface area contributed by atoms with Crippen molar-refractivity contribution in [3.63, 3.8) is 0 Å². The standard InChI is InChI=1S/C17H11ClFNO3/c1-23-13-9-5-2-6-10(13)14-15(18)17(22)20(16(14)21)12-8-4-3-7-11(12)19/h2-9H,1H3. The number of carbonyl (C=O) groups is 2. The Kier molecular flexibility index (Phi) is 3.88. The zero-order valence-electron chi connectivity index (χ0n) is 12.0. The van der Waals surface area contributed by atoms with E-state index in [9.17, 15) is 14.0 Å². The second-order valence-electron chi connectivity index (χ2n) is 4.79. The van der Waals surface area contributed by atoms with E-state index in [0.717, 1.165) is 4.90 Å². The van der Waals surface area contributed by atoms with E-state index in [1.165, 1.54) is 31.4 Å². The number of para-hydroxylation sites is 2. The molecule has 2 aromatic rings. The first-order valence-electron chi connectivity index (χ1n) is 6.72. The first kappa shape index (κ1) is 15.2. The van der Waals surface area contributed by atoms with Gasteiger partial charge in [-0.3, -0.25) is 9.59 Å². The lowest BCUT2D eigenvalue weighted by molar-refractivity contribution is -0.119. The number of halogens is 2. The Morgan fingerprint density at radius 1 is 1.00 bits per heavy atom. The van der Waals surface area contributed by atoms with Crippen LogP contribution < -0.4 is 9.64 Å². The van der Waals surface area contributed by atoms with Crippen LogP contribution in [-0.2, 0) is 9.59 Å². The van der Waals surface area contributed by atoms with E-state index in [1.54, 1.807) is 24.3 Å². The molecule has 0 saturated heterocycles. The Morgan fingerprint density at radius 2 is 1.65 bits per heavy atom. The zero-order chi connectivity index (χ0) is 16.6. The van der Waals surface area contributed by atoms with E-state index in [4.69, 9.17) is 16.3 Å². The van der Waals surface area contributed by atoms with Crippen molar-refractivity contribution >= 4 is 34.7 Å². The van der Waals surface area contributed by atoms with Crippen LogP contribution in [0.3, 0.4) is 0 Å². The molecule has 0 bridgehead atoms. The lowest BCUT2D eigenvalue weighted by Crippen LogP contribution is -2.31. The molecule has 0 fully saturated rings. The summed E-state index contributed by atoms with van der Waals surface area (Å²) in [6, 6.07) is 12.2. The highest BCUT2D eigenvalue weighted by molar-refractivity contribution is 6.60. The number of nitrogens with zero attached hydrogens (tertiary/aromatic N) is 1. The Bertz CT molecular complexity index is 847. The van der Waals surface area contributed by atoms with Crippen molar-refractivity contribution in [2.24, 2.45) is 0 Å². The number of carbonyl (C=O) groups excluding carboxylic acids is 2. The molecule has 0 aromatic heterocycles. The highest BCUT2D eigenvalue weighted by Gasteiger charge is 2.41. The van der Waals surface area contributed by atoms with E-state index in [2.05, 4.69) is 0 Å². The van der Waals surface area contributed by atoms with Crippen LogP contribution in [0.4, 0.5) is 10.1 Å². The third-order valence-electron chi connectivity index (χ3n) is 3.50. The van der Waals surface area contributed by atoms with Gasteiger partial charge in [-0.25, -0.2) is 9.29 Å². The second kappa shape index (κ2) is 5.85. The summed E-state index contributed by atoms with van der Waals surface area (Å²) in [6.07, 6.45) is 0. The lowest BCUT2D eigenvalue weighted by Gasteiger charge is -2.16. The minimum Gasteiger partial charge on any atom is -0.496 e. The predicted molar refractivity (Wildman–Crippen MR) is 84.7 cm³/mol. The van der Waals surface area contributed by atoms with Crippen LogP contribution in [0.5, 0.6) is 5.75 Å². The van der Waals surface area contributed by atoms with E-state index >= 15 is 0 Å². The molecule has 1 aliphatic rings. The lowest BCUT2D eigenvalue weighted by atomic mass is 10.0. The molecule has 0 saturated carbocycles. The molecule has 1 aliphatic heterocycles.